The lowest BCUT2D eigenvalue weighted by Gasteiger charge is -2.17. The largest absolute Gasteiger partial charge is 0.377 e. The number of rotatable bonds is 4. The number of anilines is 1. The number of benzene rings is 1. The Morgan fingerprint density at radius 2 is 2.10 bits per heavy atom. The van der Waals surface area contributed by atoms with E-state index in [1.165, 1.54) is 11.3 Å². The number of aryl methyl sites for hydroxylation is 2. The molecule has 0 saturated carbocycles. The Hall–Kier alpha value is -1.000. The van der Waals surface area contributed by atoms with Gasteiger partial charge in [0.1, 0.15) is 0 Å². The highest BCUT2D eigenvalue weighted by Crippen LogP contribution is 2.31. The zero-order chi connectivity index (χ0) is 14.9. The number of nitrogens with one attached hydrogen (secondary N) is 1. The van der Waals surface area contributed by atoms with E-state index in [4.69, 9.17) is 11.6 Å². The summed E-state index contributed by atoms with van der Waals surface area (Å²) < 4.78 is 3.01. The highest BCUT2D eigenvalue weighted by Gasteiger charge is 2.17. The van der Waals surface area contributed by atoms with Crippen molar-refractivity contribution in [3.05, 3.63) is 44.6 Å². The minimum Gasteiger partial charge on any atom is -0.377 e. The lowest BCUT2D eigenvalue weighted by atomic mass is 10.1. The molecule has 5 heteroatoms. The second-order valence-corrected chi connectivity index (χ2v) is 6.18. The first-order valence-electron chi connectivity index (χ1n) is 6.69. The summed E-state index contributed by atoms with van der Waals surface area (Å²) in [5.41, 5.74) is 4.59. The van der Waals surface area contributed by atoms with E-state index in [1.54, 1.807) is 0 Å². The molecule has 0 bridgehead atoms. The molecule has 0 aliphatic carbocycles. The van der Waals surface area contributed by atoms with Crippen LogP contribution in [0.15, 0.2) is 22.7 Å². The molecule has 3 nitrogen and oxygen atoms in total. The summed E-state index contributed by atoms with van der Waals surface area (Å²) in [4.78, 5) is 0. The molecule has 2 rings (SSSR count). The molecule has 0 saturated heterocycles. The van der Waals surface area contributed by atoms with E-state index in [2.05, 4.69) is 54.0 Å². The zero-order valence-corrected chi connectivity index (χ0v) is 14.5. The third kappa shape index (κ3) is 3.01. The molecule has 1 N–H and O–H groups in total. The number of halogens is 2. The quantitative estimate of drug-likeness (QED) is 0.825. The molecule has 1 unspecified atom stereocenters. The van der Waals surface area contributed by atoms with Gasteiger partial charge in [-0.3, -0.25) is 4.68 Å². The van der Waals surface area contributed by atoms with E-state index in [0.717, 1.165) is 27.4 Å². The molecule has 0 amide bonds. The normalized spacial score (nSPS) is 12.5. The van der Waals surface area contributed by atoms with Crippen LogP contribution in [0.5, 0.6) is 0 Å². The molecular weight excluding hydrogens is 338 g/mol. The van der Waals surface area contributed by atoms with Gasteiger partial charge in [-0.2, -0.15) is 5.10 Å². The Labute approximate surface area is 133 Å². The molecule has 0 spiro atoms. The third-order valence-electron chi connectivity index (χ3n) is 3.47. The second kappa shape index (κ2) is 6.19. The molecule has 0 fully saturated rings. The van der Waals surface area contributed by atoms with Crippen LogP contribution in [-0.2, 0) is 6.54 Å². The van der Waals surface area contributed by atoms with Crippen LogP contribution in [0, 0.1) is 13.8 Å². The van der Waals surface area contributed by atoms with Gasteiger partial charge in [-0.05, 0) is 61.8 Å². The van der Waals surface area contributed by atoms with Crippen LogP contribution in [0.1, 0.15) is 36.8 Å². The van der Waals surface area contributed by atoms with Crippen LogP contribution >= 0.6 is 27.5 Å². The molecular formula is C15H19BrClN3. The maximum Gasteiger partial charge on any atom is 0.0649 e. The van der Waals surface area contributed by atoms with Crippen LogP contribution in [-0.4, -0.2) is 9.78 Å². The topological polar surface area (TPSA) is 29.9 Å². The summed E-state index contributed by atoms with van der Waals surface area (Å²) in [5, 5.41) is 8.81. The van der Waals surface area contributed by atoms with Crippen molar-refractivity contribution >= 4 is 33.2 Å². The fourth-order valence-electron chi connectivity index (χ4n) is 2.56. The molecule has 1 aromatic carbocycles. The van der Waals surface area contributed by atoms with Gasteiger partial charge in [0, 0.05) is 33.0 Å². The summed E-state index contributed by atoms with van der Waals surface area (Å²) in [5.74, 6) is 0. The predicted molar refractivity (Wildman–Crippen MR) is 88.6 cm³/mol. The van der Waals surface area contributed by atoms with Gasteiger partial charge in [0.25, 0.3) is 0 Å². The van der Waals surface area contributed by atoms with Crippen LogP contribution in [0.4, 0.5) is 5.69 Å². The van der Waals surface area contributed by atoms with Gasteiger partial charge < -0.3 is 5.32 Å². The van der Waals surface area contributed by atoms with Crippen LogP contribution < -0.4 is 5.32 Å². The van der Waals surface area contributed by atoms with Gasteiger partial charge in [-0.1, -0.05) is 11.6 Å². The lowest BCUT2D eigenvalue weighted by Crippen LogP contribution is -2.09. The third-order valence-corrected chi connectivity index (χ3v) is 4.36. The predicted octanol–water partition coefficient (Wildman–Crippen LogP) is 5.11. The van der Waals surface area contributed by atoms with Crippen molar-refractivity contribution in [1.82, 2.24) is 9.78 Å². The summed E-state index contributed by atoms with van der Waals surface area (Å²) >= 11 is 9.51. The second-order valence-electron chi connectivity index (χ2n) is 4.89. The maximum absolute atomic E-state index is 5.97. The first kappa shape index (κ1) is 15.4. The number of nitrogens with zero attached hydrogens (tertiary/aromatic N) is 2. The van der Waals surface area contributed by atoms with Crippen molar-refractivity contribution in [2.24, 2.45) is 0 Å². The Morgan fingerprint density at radius 3 is 2.65 bits per heavy atom. The molecule has 108 valence electrons. The van der Waals surface area contributed by atoms with E-state index in [9.17, 15) is 0 Å². The Kier molecular flexibility index (Phi) is 4.76. The molecule has 1 atom stereocenters. The van der Waals surface area contributed by atoms with E-state index in [0.29, 0.717) is 0 Å². The van der Waals surface area contributed by atoms with E-state index >= 15 is 0 Å². The lowest BCUT2D eigenvalue weighted by molar-refractivity contribution is 0.632. The smallest absolute Gasteiger partial charge is 0.0649 e. The minimum atomic E-state index is 0.188. The van der Waals surface area contributed by atoms with Crippen molar-refractivity contribution in [1.29, 1.82) is 0 Å². The van der Waals surface area contributed by atoms with Crippen molar-refractivity contribution in [3.63, 3.8) is 0 Å². The van der Waals surface area contributed by atoms with Crippen molar-refractivity contribution < 1.29 is 0 Å². The number of hydrogen-bond acceptors (Lipinski definition) is 2. The number of aromatic nitrogens is 2. The van der Waals surface area contributed by atoms with Gasteiger partial charge in [0.15, 0.2) is 0 Å². The first-order chi connectivity index (χ1) is 9.43. The summed E-state index contributed by atoms with van der Waals surface area (Å²) in [6, 6.07) is 5.95. The van der Waals surface area contributed by atoms with Crippen molar-refractivity contribution in [2.75, 3.05) is 5.32 Å². The fourth-order valence-corrected chi connectivity index (χ4v) is 3.35. The Bertz CT molecular complexity index is 622. The van der Waals surface area contributed by atoms with Gasteiger partial charge in [-0.15, -0.1) is 0 Å². The number of hydrogen-bond donors (Lipinski definition) is 1. The zero-order valence-electron chi connectivity index (χ0n) is 12.2. The van der Waals surface area contributed by atoms with E-state index in [1.807, 2.05) is 22.9 Å². The monoisotopic (exact) mass is 355 g/mol. The highest BCUT2D eigenvalue weighted by atomic mass is 79.9. The van der Waals surface area contributed by atoms with E-state index in [-0.39, 0.29) is 6.04 Å². The average Bonchev–Trinajstić information content (AvgIpc) is 2.67. The molecule has 1 aromatic heterocycles. The maximum atomic E-state index is 5.97. The summed E-state index contributed by atoms with van der Waals surface area (Å²) in [6.45, 7) is 9.33. The minimum absolute atomic E-state index is 0.188. The SMILES string of the molecule is CCn1nc(C)c(C(C)Nc2ccc(Cl)cc2Br)c1C. The van der Waals surface area contributed by atoms with Gasteiger partial charge in [0.2, 0.25) is 0 Å². The van der Waals surface area contributed by atoms with Gasteiger partial charge in [-0.25, -0.2) is 0 Å². The summed E-state index contributed by atoms with van der Waals surface area (Å²) in [6.07, 6.45) is 0. The van der Waals surface area contributed by atoms with Gasteiger partial charge >= 0.3 is 0 Å². The molecule has 0 aliphatic heterocycles. The molecule has 1 heterocycles. The first-order valence-corrected chi connectivity index (χ1v) is 7.86. The molecule has 0 aliphatic rings. The Balaban J connectivity index is 2.28. The Morgan fingerprint density at radius 1 is 1.40 bits per heavy atom. The van der Waals surface area contributed by atoms with Crippen molar-refractivity contribution in [2.45, 2.75) is 40.3 Å². The van der Waals surface area contributed by atoms with Crippen LogP contribution in [0.2, 0.25) is 5.02 Å². The average molecular weight is 357 g/mol. The standard InChI is InChI=1S/C15H19BrClN3/c1-5-20-11(4)15(10(3)19-20)9(2)18-14-7-6-12(17)8-13(14)16/h6-9,18H,5H2,1-4H3. The van der Waals surface area contributed by atoms with Crippen molar-refractivity contribution in [3.8, 4) is 0 Å². The van der Waals surface area contributed by atoms with Crippen LogP contribution in [0.3, 0.4) is 0 Å². The van der Waals surface area contributed by atoms with E-state index < -0.39 is 0 Å². The fraction of sp³-hybridized carbons (Fsp3) is 0.400. The molecule has 20 heavy (non-hydrogen) atoms. The highest BCUT2D eigenvalue weighted by molar-refractivity contribution is 9.10. The van der Waals surface area contributed by atoms with Crippen LogP contribution in [0.25, 0.3) is 0 Å². The molecule has 0 radical (unpaired) electrons. The molecule has 2 aromatic rings. The van der Waals surface area contributed by atoms with Gasteiger partial charge in [0.05, 0.1) is 11.7 Å². The summed E-state index contributed by atoms with van der Waals surface area (Å²) in [7, 11) is 0.